The lowest BCUT2D eigenvalue weighted by Crippen LogP contribution is -2.54. The molecule has 1 unspecified atom stereocenters. The van der Waals surface area contributed by atoms with Crippen LogP contribution < -0.4 is 25.1 Å². The minimum atomic E-state index is -1.03. The van der Waals surface area contributed by atoms with E-state index in [9.17, 15) is 24.0 Å². The maximum absolute atomic E-state index is 13.1. The zero-order valence-corrected chi connectivity index (χ0v) is 30.9. The van der Waals surface area contributed by atoms with Gasteiger partial charge in [0, 0.05) is 63.3 Å². The van der Waals surface area contributed by atoms with E-state index in [1.807, 2.05) is 37.6 Å². The van der Waals surface area contributed by atoms with E-state index in [0.717, 1.165) is 45.6 Å². The van der Waals surface area contributed by atoms with Crippen LogP contribution >= 0.6 is 0 Å². The zero-order chi connectivity index (χ0) is 38.8. The number of amides is 4. The number of benzene rings is 2. The number of piperidine rings is 1. The quantitative estimate of drug-likeness (QED) is 0.164. The van der Waals surface area contributed by atoms with Gasteiger partial charge in [0.25, 0.3) is 17.4 Å². The van der Waals surface area contributed by atoms with E-state index in [2.05, 4.69) is 25.5 Å². The standard InChI is InChI=1S/C39H40N8O8/c1-44(21-31-33(53-3)16-23(17-34(31)54-4)30-22-45(2)37(50)29-19-40-12-10-26(29)30)13-5-14-46-20-24(42-43-46)11-15-55-25-6-7-27-28(18-25)39(52)47(38(27)51)32-8-9-35(48)41-36(32)49/h6-7,10,12,16-20,22,32H,5,8-9,11,13-15,21H2,1-4H3,(H,41,48,49). The first kappa shape index (κ1) is 36.9. The molecule has 4 amide bonds. The molecular formula is C39H40N8O8. The average Bonchev–Trinajstić information content (AvgIpc) is 3.73. The fourth-order valence-corrected chi connectivity index (χ4v) is 7.06. The molecule has 0 bridgehead atoms. The minimum absolute atomic E-state index is 0.0552. The summed E-state index contributed by atoms with van der Waals surface area (Å²) in [6.07, 6.45) is 8.36. The van der Waals surface area contributed by atoms with Crippen LogP contribution in [0.2, 0.25) is 0 Å². The Morgan fingerprint density at radius 3 is 2.44 bits per heavy atom. The molecule has 16 heteroatoms. The SMILES string of the molecule is COc1cc(-c2cn(C)c(=O)c3cnccc23)cc(OC)c1CN(C)CCCn1cc(CCOc2ccc3c(c2)C(=O)N(C2CCC(=O)NC2=O)C3=O)nn1. The summed E-state index contributed by atoms with van der Waals surface area (Å²) >= 11 is 0. The van der Waals surface area contributed by atoms with Gasteiger partial charge >= 0.3 is 0 Å². The number of carbonyl (C=O) groups is 4. The van der Waals surface area contributed by atoms with Gasteiger partial charge in [0.05, 0.1) is 48.6 Å². The molecular weight excluding hydrogens is 708 g/mol. The van der Waals surface area contributed by atoms with Gasteiger partial charge in [0.1, 0.15) is 23.3 Å². The number of ether oxygens (including phenoxy) is 3. The Labute approximate surface area is 315 Å². The molecule has 0 aliphatic carbocycles. The Bertz CT molecular complexity index is 2360. The van der Waals surface area contributed by atoms with Gasteiger partial charge in [-0.3, -0.25) is 43.9 Å². The van der Waals surface area contributed by atoms with Crippen molar-refractivity contribution in [3.8, 4) is 28.4 Å². The molecule has 5 aromatic rings. The zero-order valence-electron chi connectivity index (χ0n) is 30.9. The fourth-order valence-electron chi connectivity index (χ4n) is 7.06. The summed E-state index contributed by atoms with van der Waals surface area (Å²) in [5.74, 6) is -0.478. The second kappa shape index (κ2) is 15.5. The Morgan fingerprint density at radius 2 is 1.69 bits per heavy atom. The number of fused-ring (bicyclic) bond motifs is 2. The second-order valence-electron chi connectivity index (χ2n) is 13.6. The third-order valence-electron chi connectivity index (χ3n) is 9.88. The maximum Gasteiger partial charge on any atom is 0.262 e. The van der Waals surface area contributed by atoms with Crippen molar-refractivity contribution in [1.82, 2.24) is 39.7 Å². The van der Waals surface area contributed by atoms with Crippen LogP contribution in [0, 0.1) is 0 Å². The number of rotatable bonds is 14. The molecule has 0 spiro atoms. The molecule has 1 saturated heterocycles. The van der Waals surface area contributed by atoms with Crippen LogP contribution in [0.3, 0.4) is 0 Å². The van der Waals surface area contributed by atoms with E-state index in [1.165, 1.54) is 12.1 Å². The molecule has 55 heavy (non-hydrogen) atoms. The van der Waals surface area contributed by atoms with Crippen LogP contribution in [0.4, 0.5) is 0 Å². The highest BCUT2D eigenvalue weighted by Gasteiger charge is 2.44. The first-order valence-corrected chi connectivity index (χ1v) is 17.8. The third-order valence-corrected chi connectivity index (χ3v) is 9.88. The molecule has 5 heterocycles. The Hall–Kier alpha value is -6.42. The molecule has 16 nitrogen and oxygen atoms in total. The van der Waals surface area contributed by atoms with E-state index >= 15 is 0 Å². The lowest BCUT2D eigenvalue weighted by Gasteiger charge is -2.27. The molecule has 0 radical (unpaired) electrons. The van der Waals surface area contributed by atoms with Gasteiger partial charge in [-0.15, -0.1) is 5.10 Å². The van der Waals surface area contributed by atoms with E-state index in [4.69, 9.17) is 14.2 Å². The Balaban J connectivity index is 0.918. The number of hydrogen-bond donors (Lipinski definition) is 1. The number of aryl methyl sites for hydroxylation is 2. The predicted molar refractivity (Wildman–Crippen MR) is 199 cm³/mol. The van der Waals surface area contributed by atoms with Crippen LogP contribution in [-0.4, -0.2) is 98.4 Å². The summed E-state index contributed by atoms with van der Waals surface area (Å²) in [5.41, 5.74) is 3.60. The van der Waals surface area contributed by atoms with Gasteiger partial charge in [-0.05, 0) is 73.8 Å². The van der Waals surface area contributed by atoms with Crippen molar-refractivity contribution in [2.75, 3.05) is 34.4 Å². The molecule has 0 saturated carbocycles. The molecule has 2 aliphatic rings. The van der Waals surface area contributed by atoms with Crippen LogP contribution in [0.25, 0.3) is 21.9 Å². The fraction of sp³-hybridized carbons (Fsp3) is 0.333. The van der Waals surface area contributed by atoms with Crippen molar-refractivity contribution in [2.24, 2.45) is 7.05 Å². The van der Waals surface area contributed by atoms with Crippen molar-refractivity contribution in [1.29, 1.82) is 0 Å². The van der Waals surface area contributed by atoms with Gasteiger partial charge in [-0.1, -0.05) is 5.21 Å². The summed E-state index contributed by atoms with van der Waals surface area (Å²) in [7, 11) is 7.01. The molecule has 1 fully saturated rings. The largest absolute Gasteiger partial charge is 0.496 e. The molecule has 1 N–H and O–H groups in total. The van der Waals surface area contributed by atoms with Crippen molar-refractivity contribution >= 4 is 34.4 Å². The minimum Gasteiger partial charge on any atom is -0.496 e. The highest BCUT2D eigenvalue weighted by molar-refractivity contribution is 6.23. The van der Waals surface area contributed by atoms with E-state index in [-0.39, 0.29) is 36.1 Å². The summed E-state index contributed by atoms with van der Waals surface area (Å²) in [4.78, 5) is 69.9. The highest BCUT2D eigenvalue weighted by atomic mass is 16.5. The topological polar surface area (TPSA) is 180 Å². The number of nitrogens with one attached hydrogen (secondary N) is 1. The van der Waals surface area contributed by atoms with Gasteiger partial charge in [-0.25, -0.2) is 0 Å². The Morgan fingerprint density at radius 1 is 0.927 bits per heavy atom. The number of pyridine rings is 2. The van der Waals surface area contributed by atoms with Gasteiger partial charge in [0.15, 0.2) is 0 Å². The van der Waals surface area contributed by atoms with Crippen molar-refractivity contribution in [2.45, 2.75) is 44.8 Å². The summed E-state index contributed by atoms with van der Waals surface area (Å²) in [6.45, 7) is 2.23. The van der Waals surface area contributed by atoms with Crippen LogP contribution in [-0.2, 0) is 36.1 Å². The first-order chi connectivity index (χ1) is 26.6. The first-order valence-electron chi connectivity index (χ1n) is 17.8. The van der Waals surface area contributed by atoms with E-state index in [0.29, 0.717) is 42.1 Å². The number of carbonyl (C=O) groups excluding carboxylic acids is 4. The molecule has 3 aromatic heterocycles. The normalized spacial score (nSPS) is 15.5. The second-order valence-corrected chi connectivity index (χ2v) is 13.6. The molecule has 2 aromatic carbocycles. The number of hydrogen-bond acceptors (Lipinski definition) is 12. The maximum atomic E-state index is 13.1. The smallest absolute Gasteiger partial charge is 0.262 e. The molecule has 2 aliphatic heterocycles. The Kier molecular flexibility index (Phi) is 10.4. The summed E-state index contributed by atoms with van der Waals surface area (Å²) < 4.78 is 20.9. The molecule has 1 atom stereocenters. The van der Waals surface area contributed by atoms with Gasteiger partial charge in [-0.2, -0.15) is 0 Å². The lowest BCUT2D eigenvalue weighted by atomic mass is 9.99. The van der Waals surface area contributed by atoms with E-state index < -0.39 is 29.7 Å². The number of imide groups is 2. The number of aromatic nitrogens is 5. The van der Waals surface area contributed by atoms with Crippen molar-refractivity contribution in [3.05, 3.63) is 93.9 Å². The van der Waals surface area contributed by atoms with Crippen molar-refractivity contribution in [3.63, 3.8) is 0 Å². The monoisotopic (exact) mass is 748 g/mol. The third kappa shape index (κ3) is 7.40. The molecule has 7 rings (SSSR count). The average molecular weight is 749 g/mol. The lowest BCUT2D eigenvalue weighted by molar-refractivity contribution is -0.136. The summed E-state index contributed by atoms with van der Waals surface area (Å²) in [5, 5.41) is 12.1. The summed E-state index contributed by atoms with van der Waals surface area (Å²) in [6, 6.07) is 9.37. The van der Waals surface area contributed by atoms with Crippen molar-refractivity contribution < 1.29 is 33.4 Å². The number of methoxy groups -OCH3 is 2. The van der Waals surface area contributed by atoms with Crippen LogP contribution in [0.1, 0.15) is 51.2 Å². The van der Waals surface area contributed by atoms with Crippen LogP contribution in [0.5, 0.6) is 17.2 Å². The van der Waals surface area contributed by atoms with E-state index in [1.54, 1.807) is 49.0 Å². The predicted octanol–water partition coefficient (Wildman–Crippen LogP) is 2.75. The van der Waals surface area contributed by atoms with Gasteiger partial charge in [0.2, 0.25) is 11.8 Å². The highest BCUT2D eigenvalue weighted by Crippen LogP contribution is 2.38. The van der Waals surface area contributed by atoms with Crippen LogP contribution in [0.15, 0.2) is 66.0 Å². The van der Waals surface area contributed by atoms with Gasteiger partial charge < -0.3 is 23.7 Å². The molecule has 284 valence electrons. The number of nitrogens with zero attached hydrogens (tertiary/aromatic N) is 7.